The number of nitrogens with zero attached hydrogens (tertiary/aromatic N) is 5. The van der Waals surface area contributed by atoms with E-state index < -0.39 is 0 Å². The summed E-state index contributed by atoms with van der Waals surface area (Å²) in [6, 6.07) is 7.76. The smallest absolute Gasteiger partial charge is 0.318 e. The second-order valence-corrected chi connectivity index (χ2v) is 6.72. The van der Waals surface area contributed by atoms with E-state index in [9.17, 15) is 4.79 Å². The number of benzene rings is 1. The van der Waals surface area contributed by atoms with E-state index in [4.69, 9.17) is 4.52 Å². The minimum atomic E-state index is -0.0779. The summed E-state index contributed by atoms with van der Waals surface area (Å²) in [4.78, 5) is 18.7. The Morgan fingerprint density at radius 3 is 2.93 bits per heavy atom. The van der Waals surface area contributed by atoms with Crippen LogP contribution < -0.4 is 5.32 Å². The molecule has 1 fully saturated rings. The highest BCUT2D eigenvalue weighted by atomic mass is 16.5. The van der Waals surface area contributed by atoms with Gasteiger partial charge in [-0.25, -0.2) is 14.5 Å². The predicted molar refractivity (Wildman–Crippen MR) is 98.3 cm³/mol. The molecule has 1 atom stereocenters. The van der Waals surface area contributed by atoms with E-state index in [0.29, 0.717) is 6.54 Å². The Hall–Kier alpha value is -3.16. The van der Waals surface area contributed by atoms with Crippen LogP contribution in [0.1, 0.15) is 41.5 Å². The second-order valence-electron chi connectivity index (χ2n) is 6.72. The van der Waals surface area contributed by atoms with Gasteiger partial charge < -0.3 is 14.7 Å². The van der Waals surface area contributed by atoms with Crippen LogP contribution in [0.25, 0.3) is 5.69 Å². The van der Waals surface area contributed by atoms with Crippen molar-refractivity contribution >= 4 is 6.03 Å². The Kier molecular flexibility index (Phi) is 4.62. The number of carbonyl (C=O) groups excluding carboxylic acids is 1. The molecule has 140 valence electrons. The molecule has 1 aliphatic heterocycles. The van der Waals surface area contributed by atoms with Gasteiger partial charge in [-0.15, -0.1) is 0 Å². The monoisotopic (exact) mass is 366 g/mol. The molecule has 1 aromatic carbocycles. The van der Waals surface area contributed by atoms with Crippen LogP contribution in [0.2, 0.25) is 0 Å². The summed E-state index contributed by atoms with van der Waals surface area (Å²) in [5.74, 6) is 0.786. The van der Waals surface area contributed by atoms with Crippen molar-refractivity contribution in [3.05, 3.63) is 59.5 Å². The van der Waals surface area contributed by atoms with Gasteiger partial charge in [0.2, 0.25) is 0 Å². The zero-order chi connectivity index (χ0) is 18.8. The number of hydrogen-bond donors (Lipinski definition) is 1. The van der Waals surface area contributed by atoms with Crippen LogP contribution in [0.5, 0.6) is 0 Å². The Bertz CT molecular complexity index is 914. The van der Waals surface area contributed by atoms with Crippen LogP contribution >= 0.6 is 0 Å². The number of rotatable bonds is 4. The van der Waals surface area contributed by atoms with Crippen LogP contribution in [0.4, 0.5) is 4.79 Å². The molecule has 1 aliphatic rings. The number of para-hydroxylation sites is 1. The summed E-state index contributed by atoms with van der Waals surface area (Å²) >= 11 is 0. The quantitative estimate of drug-likeness (QED) is 0.767. The zero-order valence-electron chi connectivity index (χ0n) is 15.4. The highest BCUT2D eigenvalue weighted by molar-refractivity contribution is 5.75. The molecule has 3 aromatic rings. The van der Waals surface area contributed by atoms with E-state index in [-0.39, 0.29) is 12.1 Å². The van der Waals surface area contributed by atoms with E-state index >= 15 is 0 Å². The van der Waals surface area contributed by atoms with Gasteiger partial charge in [-0.3, -0.25) is 0 Å². The molecular formula is C19H22N6O2. The van der Waals surface area contributed by atoms with E-state index in [0.717, 1.165) is 47.7 Å². The third kappa shape index (κ3) is 3.30. The van der Waals surface area contributed by atoms with Crippen molar-refractivity contribution in [1.82, 2.24) is 30.1 Å². The van der Waals surface area contributed by atoms with Gasteiger partial charge in [-0.05, 0) is 38.3 Å². The first-order valence-corrected chi connectivity index (χ1v) is 9.05. The third-order valence-electron chi connectivity index (χ3n) is 5.02. The fourth-order valence-corrected chi connectivity index (χ4v) is 3.76. The minimum absolute atomic E-state index is 0.0156. The predicted octanol–water partition coefficient (Wildman–Crippen LogP) is 2.92. The second kappa shape index (κ2) is 7.22. The summed E-state index contributed by atoms with van der Waals surface area (Å²) in [6.07, 6.45) is 5.03. The molecule has 1 saturated heterocycles. The molecule has 2 aromatic heterocycles. The Balaban J connectivity index is 1.49. The molecule has 27 heavy (non-hydrogen) atoms. The van der Waals surface area contributed by atoms with Crippen molar-refractivity contribution in [1.29, 1.82) is 0 Å². The Labute approximate surface area is 157 Å². The van der Waals surface area contributed by atoms with Gasteiger partial charge in [-0.2, -0.15) is 5.10 Å². The molecule has 0 saturated carbocycles. The normalized spacial score (nSPS) is 16.7. The SMILES string of the molecule is Cc1noc(C)c1[C@H]1CCCN1C(=O)NCc1ccccc1-n1cncn1. The third-order valence-corrected chi connectivity index (χ3v) is 5.02. The van der Waals surface area contributed by atoms with Crippen LogP contribution in [0, 0.1) is 13.8 Å². The molecule has 0 aliphatic carbocycles. The van der Waals surface area contributed by atoms with Crippen LogP contribution in [0.3, 0.4) is 0 Å². The lowest BCUT2D eigenvalue weighted by atomic mass is 10.0. The fourth-order valence-electron chi connectivity index (χ4n) is 3.76. The maximum absolute atomic E-state index is 12.9. The first kappa shape index (κ1) is 17.3. The van der Waals surface area contributed by atoms with Crippen LogP contribution in [-0.2, 0) is 6.54 Å². The molecule has 2 amide bonds. The number of aryl methyl sites for hydroxylation is 2. The summed E-state index contributed by atoms with van der Waals surface area (Å²) < 4.78 is 7.00. The van der Waals surface area contributed by atoms with Gasteiger partial charge in [0.15, 0.2) is 0 Å². The summed E-state index contributed by atoms with van der Waals surface area (Å²) in [7, 11) is 0. The molecule has 4 rings (SSSR count). The minimum Gasteiger partial charge on any atom is -0.361 e. The lowest BCUT2D eigenvalue weighted by Crippen LogP contribution is -2.39. The number of urea groups is 1. The van der Waals surface area contributed by atoms with Crippen LogP contribution in [-0.4, -0.2) is 37.4 Å². The van der Waals surface area contributed by atoms with Gasteiger partial charge in [0.1, 0.15) is 18.4 Å². The van der Waals surface area contributed by atoms with Crippen molar-refractivity contribution < 1.29 is 9.32 Å². The molecule has 0 unspecified atom stereocenters. The highest BCUT2D eigenvalue weighted by Gasteiger charge is 2.33. The van der Waals surface area contributed by atoms with Gasteiger partial charge in [0.25, 0.3) is 0 Å². The molecule has 1 N–H and O–H groups in total. The maximum Gasteiger partial charge on any atom is 0.318 e. The lowest BCUT2D eigenvalue weighted by Gasteiger charge is -2.25. The van der Waals surface area contributed by atoms with Crippen molar-refractivity contribution in [2.24, 2.45) is 0 Å². The van der Waals surface area contributed by atoms with Crippen molar-refractivity contribution in [2.75, 3.05) is 6.54 Å². The number of likely N-dealkylation sites (tertiary alicyclic amines) is 1. The lowest BCUT2D eigenvalue weighted by molar-refractivity contribution is 0.192. The standard InChI is InChI=1S/C19H22N6O2/c1-13-18(14(2)27-23-13)17-8-5-9-24(17)19(26)21-10-15-6-3-4-7-16(15)25-12-20-11-22-25/h3-4,6-7,11-12,17H,5,8-10H2,1-2H3,(H,21,26)/t17-/m1/s1. The van der Waals surface area contributed by atoms with Crippen molar-refractivity contribution in [3.63, 3.8) is 0 Å². The number of aromatic nitrogens is 4. The van der Waals surface area contributed by atoms with Gasteiger partial charge in [0, 0.05) is 18.7 Å². The van der Waals surface area contributed by atoms with Gasteiger partial charge in [-0.1, -0.05) is 23.4 Å². The van der Waals surface area contributed by atoms with Crippen molar-refractivity contribution in [2.45, 2.75) is 39.3 Å². The van der Waals surface area contributed by atoms with E-state index in [1.165, 1.54) is 6.33 Å². The Morgan fingerprint density at radius 2 is 2.19 bits per heavy atom. The molecule has 3 heterocycles. The maximum atomic E-state index is 12.9. The molecule has 8 nitrogen and oxygen atoms in total. The first-order valence-electron chi connectivity index (χ1n) is 9.05. The molecule has 0 radical (unpaired) electrons. The number of hydrogen-bond acceptors (Lipinski definition) is 5. The topological polar surface area (TPSA) is 89.1 Å². The number of nitrogens with one attached hydrogen (secondary N) is 1. The molecule has 8 heteroatoms. The van der Waals surface area contributed by atoms with E-state index in [2.05, 4.69) is 20.6 Å². The van der Waals surface area contributed by atoms with E-state index in [1.807, 2.05) is 43.0 Å². The summed E-state index contributed by atoms with van der Waals surface area (Å²) in [5, 5.41) is 11.3. The largest absolute Gasteiger partial charge is 0.361 e. The highest BCUT2D eigenvalue weighted by Crippen LogP contribution is 2.35. The average molecular weight is 366 g/mol. The first-order chi connectivity index (χ1) is 13.1. The molecular weight excluding hydrogens is 344 g/mol. The van der Waals surface area contributed by atoms with Gasteiger partial charge >= 0.3 is 6.03 Å². The zero-order valence-corrected chi connectivity index (χ0v) is 15.4. The Morgan fingerprint density at radius 1 is 1.33 bits per heavy atom. The average Bonchev–Trinajstić information content (AvgIpc) is 3.41. The molecule has 0 bridgehead atoms. The van der Waals surface area contributed by atoms with Gasteiger partial charge in [0.05, 0.1) is 17.4 Å². The number of carbonyl (C=O) groups is 1. The van der Waals surface area contributed by atoms with Crippen LogP contribution in [0.15, 0.2) is 41.4 Å². The molecule has 0 spiro atoms. The fraction of sp³-hybridized carbons (Fsp3) is 0.368. The summed E-state index contributed by atoms with van der Waals surface area (Å²) in [6.45, 7) is 4.97. The summed E-state index contributed by atoms with van der Waals surface area (Å²) in [5.41, 5.74) is 3.77. The number of amides is 2. The van der Waals surface area contributed by atoms with E-state index in [1.54, 1.807) is 11.0 Å². The van der Waals surface area contributed by atoms with Crippen molar-refractivity contribution in [3.8, 4) is 5.69 Å².